The molecule has 0 saturated heterocycles. The van der Waals surface area contributed by atoms with Crippen molar-refractivity contribution in [2.24, 2.45) is 0 Å². The second-order valence-corrected chi connectivity index (χ2v) is 4.61. The normalized spacial score (nSPS) is 10.7. The van der Waals surface area contributed by atoms with Gasteiger partial charge in [-0.3, -0.25) is 14.5 Å². The van der Waals surface area contributed by atoms with E-state index >= 15 is 0 Å². The fourth-order valence-corrected chi connectivity index (χ4v) is 1.99. The van der Waals surface area contributed by atoms with Crippen LogP contribution in [0.15, 0.2) is 53.8 Å². The first-order valence-corrected chi connectivity index (χ1v) is 6.49. The molecule has 0 aliphatic heterocycles. The number of hydrogen-bond donors (Lipinski definition) is 1. The van der Waals surface area contributed by atoms with Crippen LogP contribution in [0.3, 0.4) is 0 Å². The molecule has 3 rings (SSSR count). The molecule has 3 heterocycles. The molecule has 0 spiro atoms. The van der Waals surface area contributed by atoms with Crippen molar-refractivity contribution < 1.29 is 0 Å². The van der Waals surface area contributed by atoms with E-state index < -0.39 is 0 Å². The van der Waals surface area contributed by atoms with Crippen LogP contribution in [0.1, 0.15) is 0 Å². The highest BCUT2D eigenvalue weighted by Crippen LogP contribution is 2.16. The Kier molecular flexibility index (Phi) is 3.46. The monoisotopic (exact) mass is 282 g/mol. The van der Waals surface area contributed by atoms with E-state index in [-0.39, 0.29) is 5.56 Å². The number of nitrogens with two attached hydrogens (primary N) is 1. The summed E-state index contributed by atoms with van der Waals surface area (Å²) in [6.45, 7) is 1.10. The summed E-state index contributed by atoms with van der Waals surface area (Å²) in [5.41, 5.74) is 7.77. The zero-order chi connectivity index (χ0) is 14.7. The third-order valence-corrected chi connectivity index (χ3v) is 3.06. The van der Waals surface area contributed by atoms with Gasteiger partial charge in [-0.2, -0.15) is 0 Å². The SMILES string of the molecule is Nc1cncc(-c2cn(CCn3ccccc3=O)nn2)c1. The molecule has 0 aliphatic rings. The van der Waals surface area contributed by atoms with Crippen LogP contribution in [0.25, 0.3) is 11.3 Å². The Balaban J connectivity index is 1.74. The number of anilines is 1. The van der Waals surface area contributed by atoms with Gasteiger partial charge < -0.3 is 10.3 Å². The molecular weight excluding hydrogens is 268 g/mol. The van der Waals surface area contributed by atoms with Gasteiger partial charge in [0.1, 0.15) is 5.69 Å². The average molecular weight is 282 g/mol. The number of pyridine rings is 2. The lowest BCUT2D eigenvalue weighted by atomic mass is 10.2. The summed E-state index contributed by atoms with van der Waals surface area (Å²) in [5, 5.41) is 8.14. The van der Waals surface area contributed by atoms with Gasteiger partial charge >= 0.3 is 0 Å². The highest BCUT2D eigenvalue weighted by atomic mass is 16.1. The van der Waals surface area contributed by atoms with Crippen LogP contribution in [-0.4, -0.2) is 24.5 Å². The van der Waals surface area contributed by atoms with Crippen molar-refractivity contribution in [2.75, 3.05) is 5.73 Å². The summed E-state index contributed by atoms with van der Waals surface area (Å²) in [6, 6.07) is 6.88. The Labute approximate surface area is 120 Å². The van der Waals surface area contributed by atoms with Gasteiger partial charge in [-0.05, 0) is 12.1 Å². The summed E-state index contributed by atoms with van der Waals surface area (Å²) >= 11 is 0. The predicted molar refractivity (Wildman–Crippen MR) is 78.4 cm³/mol. The van der Waals surface area contributed by atoms with Crippen LogP contribution < -0.4 is 11.3 Å². The Morgan fingerprint density at radius 2 is 2.10 bits per heavy atom. The first kappa shape index (κ1) is 13.0. The highest BCUT2D eigenvalue weighted by Gasteiger charge is 2.05. The Morgan fingerprint density at radius 3 is 2.90 bits per heavy atom. The molecule has 0 unspecified atom stereocenters. The minimum Gasteiger partial charge on any atom is -0.397 e. The van der Waals surface area contributed by atoms with E-state index in [1.807, 2.05) is 12.3 Å². The minimum absolute atomic E-state index is 0.0297. The standard InChI is InChI=1S/C14H14N6O/c15-12-7-11(8-16-9-12)13-10-20(18-17-13)6-5-19-4-2-1-3-14(19)21/h1-4,7-10H,5-6,15H2. The number of hydrogen-bond acceptors (Lipinski definition) is 5. The van der Waals surface area contributed by atoms with Crippen molar-refractivity contribution in [3.8, 4) is 11.3 Å². The van der Waals surface area contributed by atoms with Crippen LogP contribution >= 0.6 is 0 Å². The Morgan fingerprint density at radius 1 is 1.19 bits per heavy atom. The lowest BCUT2D eigenvalue weighted by Crippen LogP contribution is -2.20. The smallest absolute Gasteiger partial charge is 0.250 e. The van der Waals surface area contributed by atoms with Crippen LogP contribution in [-0.2, 0) is 13.1 Å². The fraction of sp³-hybridized carbons (Fsp3) is 0.143. The van der Waals surface area contributed by atoms with E-state index in [4.69, 9.17) is 5.73 Å². The lowest BCUT2D eigenvalue weighted by molar-refractivity contribution is 0.511. The molecule has 0 fully saturated rings. The molecule has 0 aromatic carbocycles. The van der Waals surface area contributed by atoms with Crippen LogP contribution in [0.4, 0.5) is 5.69 Å². The Bertz CT molecular complexity index is 807. The van der Waals surface area contributed by atoms with Crippen molar-refractivity contribution in [3.63, 3.8) is 0 Å². The summed E-state index contributed by atoms with van der Waals surface area (Å²) in [6.07, 6.45) is 6.83. The molecule has 0 bridgehead atoms. The maximum atomic E-state index is 11.6. The third kappa shape index (κ3) is 2.97. The van der Waals surface area contributed by atoms with Crippen LogP contribution in [0.2, 0.25) is 0 Å². The van der Waals surface area contributed by atoms with E-state index in [0.717, 1.165) is 5.56 Å². The first-order valence-electron chi connectivity index (χ1n) is 6.49. The van der Waals surface area contributed by atoms with Crippen molar-refractivity contribution >= 4 is 5.69 Å². The van der Waals surface area contributed by atoms with Crippen molar-refractivity contribution in [1.29, 1.82) is 0 Å². The van der Waals surface area contributed by atoms with E-state index in [0.29, 0.717) is 24.5 Å². The van der Waals surface area contributed by atoms with Gasteiger partial charge in [0.15, 0.2) is 0 Å². The van der Waals surface area contributed by atoms with Gasteiger partial charge in [0.2, 0.25) is 0 Å². The zero-order valence-electron chi connectivity index (χ0n) is 11.3. The van der Waals surface area contributed by atoms with Crippen LogP contribution in [0.5, 0.6) is 0 Å². The van der Waals surface area contributed by atoms with Crippen molar-refractivity contribution in [3.05, 3.63) is 59.4 Å². The molecule has 0 saturated carbocycles. The van der Waals surface area contributed by atoms with Crippen molar-refractivity contribution in [1.82, 2.24) is 24.5 Å². The van der Waals surface area contributed by atoms with Gasteiger partial charge in [0.05, 0.1) is 18.4 Å². The van der Waals surface area contributed by atoms with E-state index in [1.165, 1.54) is 6.07 Å². The van der Waals surface area contributed by atoms with E-state index in [9.17, 15) is 4.79 Å². The van der Waals surface area contributed by atoms with Crippen molar-refractivity contribution in [2.45, 2.75) is 13.1 Å². The molecule has 21 heavy (non-hydrogen) atoms. The number of aromatic nitrogens is 5. The Hall–Kier alpha value is -2.96. The molecule has 0 aliphatic carbocycles. The van der Waals surface area contributed by atoms with Gasteiger partial charge in [-0.15, -0.1) is 5.10 Å². The number of aryl methyl sites for hydroxylation is 2. The minimum atomic E-state index is -0.0297. The molecule has 0 amide bonds. The second kappa shape index (κ2) is 5.58. The van der Waals surface area contributed by atoms with Gasteiger partial charge in [0, 0.05) is 36.8 Å². The maximum absolute atomic E-state index is 11.6. The summed E-state index contributed by atoms with van der Waals surface area (Å²) in [5.74, 6) is 0. The number of nitrogen functional groups attached to an aromatic ring is 1. The molecule has 0 atom stereocenters. The molecule has 0 radical (unpaired) electrons. The number of nitrogens with zero attached hydrogens (tertiary/aromatic N) is 5. The molecule has 7 nitrogen and oxygen atoms in total. The second-order valence-electron chi connectivity index (χ2n) is 4.61. The molecule has 3 aromatic rings. The quantitative estimate of drug-likeness (QED) is 0.763. The molecule has 7 heteroatoms. The maximum Gasteiger partial charge on any atom is 0.250 e. The number of rotatable bonds is 4. The van der Waals surface area contributed by atoms with Gasteiger partial charge in [-0.25, -0.2) is 0 Å². The van der Waals surface area contributed by atoms with Gasteiger partial charge in [-0.1, -0.05) is 11.3 Å². The highest BCUT2D eigenvalue weighted by molar-refractivity contribution is 5.60. The summed E-state index contributed by atoms with van der Waals surface area (Å²) in [7, 11) is 0. The fourth-order valence-electron chi connectivity index (χ4n) is 1.99. The molecule has 2 N–H and O–H groups in total. The first-order chi connectivity index (χ1) is 10.2. The molecule has 3 aromatic heterocycles. The lowest BCUT2D eigenvalue weighted by Gasteiger charge is -2.03. The zero-order valence-corrected chi connectivity index (χ0v) is 11.3. The summed E-state index contributed by atoms with van der Waals surface area (Å²) < 4.78 is 3.32. The average Bonchev–Trinajstić information content (AvgIpc) is 2.95. The molecule has 106 valence electrons. The third-order valence-electron chi connectivity index (χ3n) is 3.06. The summed E-state index contributed by atoms with van der Waals surface area (Å²) in [4.78, 5) is 15.6. The van der Waals surface area contributed by atoms with Gasteiger partial charge in [0.25, 0.3) is 5.56 Å². The molecular formula is C14H14N6O. The predicted octanol–water partition coefficient (Wildman–Crippen LogP) is 0.784. The van der Waals surface area contributed by atoms with E-state index in [2.05, 4.69) is 15.3 Å². The topological polar surface area (TPSA) is 91.6 Å². The van der Waals surface area contributed by atoms with E-state index in [1.54, 1.807) is 40.0 Å². The largest absolute Gasteiger partial charge is 0.397 e. The van der Waals surface area contributed by atoms with Crippen LogP contribution in [0, 0.1) is 0 Å².